The number of nitrogens with one attached hydrogen (secondary N) is 1. The van der Waals surface area contributed by atoms with Gasteiger partial charge in [0.2, 0.25) is 0 Å². The summed E-state index contributed by atoms with van der Waals surface area (Å²) in [6, 6.07) is 27.2. The smallest absolute Gasteiger partial charge is 0.176 e. The first-order valence-electron chi connectivity index (χ1n) is 8.90. The number of benzene rings is 3. The van der Waals surface area contributed by atoms with Gasteiger partial charge in [-0.05, 0) is 24.0 Å². The van der Waals surface area contributed by atoms with E-state index in [1.807, 2.05) is 0 Å². The molecular formula is C23H22N+. The van der Waals surface area contributed by atoms with Crippen molar-refractivity contribution >= 4 is 0 Å². The van der Waals surface area contributed by atoms with Crippen LogP contribution in [0.25, 0.3) is 0 Å². The Labute approximate surface area is 143 Å². The maximum absolute atomic E-state index is 2.36. The van der Waals surface area contributed by atoms with Gasteiger partial charge in [-0.1, -0.05) is 72.8 Å². The molecule has 0 bridgehead atoms. The summed E-state index contributed by atoms with van der Waals surface area (Å²) in [5, 5.41) is 0. The quantitative estimate of drug-likeness (QED) is 0.650. The van der Waals surface area contributed by atoms with Crippen molar-refractivity contribution in [2.75, 3.05) is 7.05 Å². The minimum atomic E-state index is -0.0692. The predicted octanol–water partition coefficient (Wildman–Crippen LogP) is 3.11. The van der Waals surface area contributed by atoms with Crippen molar-refractivity contribution in [3.63, 3.8) is 0 Å². The second-order valence-electron chi connectivity index (χ2n) is 7.18. The molecule has 0 saturated heterocycles. The van der Waals surface area contributed by atoms with Gasteiger partial charge in [0.25, 0.3) is 0 Å². The topological polar surface area (TPSA) is 4.44 Å². The van der Waals surface area contributed by atoms with Gasteiger partial charge >= 0.3 is 0 Å². The number of fused-ring (bicyclic) bond motifs is 6. The average Bonchev–Trinajstić information content (AvgIpc) is 2.83. The number of rotatable bonds is 0. The van der Waals surface area contributed by atoms with Gasteiger partial charge in [-0.15, -0.1) is 0 Å². The fourth-order valence-electron chi connectivity index (χ4n) is 5.06. The normalized spacial score (nSPS) is 20.1. The molecule has 1 aliphatic carbocycles. The van der Waals surface area contributed by atoms with E-state index in [9.17, 15) is 0 Å². The molecule has 1 N–H and O–H groups in total. The van der Waals surface area contributed by atoms with E-state index in [0.29, 0.717) is 0 Å². The standard InChI is InChI=1S/C23H21N/c1-24-16-19-10-4-7-13-22(19)23(24)20-11-5-2-8-17(20)14-15-18-9-3-6-12-21(18)23/h2-13H,14-16H2,1H3/p+1. The highest BCUT2D eigenvalue weighted by Gasteiger charge is 2.52. The third-order valence-electron chi connectivity index (χ3n) is 6.02. The molecule has 3 aromatic carbocycles. The Hall–Kier alpha value is -2.38. The van der Waals surface area contributed by atoms with E-state index >= 15 is 0 Å². The number of quaternary nitrogens is 1. The Morgan fingerprint density at radius 3 is 1.58 bits per heavy atom. The lowest BCUT2D eigenvalue weighted by Crippen LogP contribution is -3.13. The minimum Gasteiger partial charge on any atom is -0.317 e. The van der Waals surface area contributed by atoms with E-state index in [-0.39, 0.29) is 5.54 Å². The molecule has 24 heavy (non-hydrogen) atoms. The van der Waals surface area contributed by atoms with E-state index in [1.54, 1.807) is 4.90 Å². The summed E-state index contributed by atoms with van der Waals surface area (Å²) in [4.78, 5) is 1.56. The second kappa shape index (κ2) is 5.06. The van der Waals surface area contributed by atoms with Gasteiger partial charge in [0.1, 0.15) is 6.54 Å². The van der Waals surface area contributed by atoms with Gasteiger partial charge in [0, 0.05) is 22.3 Å². The lowest BCUT2D eigenvalue weighted by Gasteiger charge is -2.36. The van der Waals surface area contributed by atoms with Crippen LogP contribution in [0.1, 0.15) is 33.4 Å². The zero-order valence-corrected chi connectivity index (χ0v) is 14.0. The van der Waals surface area contributed by atoms with Crippen LogP contribution < -0.4 is 4.90 Å². The molecule has 1 unspecified atom stereocenters. The number of hydrogen-bond acceptors (Lipinski definition) is 0. The lowest BCUT2D eigenvalue weighted by molar-refractivity contribution is -0.934. The first-order chi connectivity index (χ1) is 11.8. The molecular weight excluding hydrogens is 290 g/mol. The van der Waals surface area contributed by atoms with Gasteiger partial charge in [-0.25, -0.2) is 0 Å². The van der Waals surface area contributed by atoms with E-state index in [4.69, 9.17) is 0 Å². The summed E-state index contributed by atoms with van der Waals surface area (Å²) < 4.78 is 0. The first-order valence-corrected chi connectivity index (χ1v) is 8.90. The minimum absolute atomic E-state index is 0.0692. The molecule has 1 nitrogen and oxygen atoms in total. The Morgan fingerprint density at radius 2 is 1.04 bits per heavy atom. The van der Waals surface area contributed by atoms with Crippen LogP contribution in [0.4, 0.5) is 0 Å². The largest absolute Gasteiger partial charge is 0.317 e. The Bertz CT molecular complexity index is 877. The molecule has 118 valence electrons. The molecule has 0 saturated carbocycles. The number of aryl methyl sites for hydroxylation is 2. The van der Waals surface area contributed by atoms with Crippen LogP contribution in [0.15, 0.2) is 72.8 Å². The van der Waals surface area contributed by atoms with Crippen molar-refractivity contribution in [1.29, 1.82) is 0 Å². The van der Waals surface area contributed by atoms with Crippen LogP contribution in [-0.4, -0.2) is 7.05 Å². The van der Waals surface area contributed by atoms with Crippen LogP contribution in [0.5, 0.6) is 0 Å². The van der Waals surface area contributed by atoms with Crippen molar-refractivity contribution in [2.45, 2.75) is 24.9 Å². The second-order valence-corrected chi connectivity index (χ2v) is 7.18. The van der Waals surface area contributed by atoms with Crippen LogP contribution in [0, 0.1) is 0 Å². The van der Waals surface area contributed by atoms with Crippen LogP contribution in [0.3, 0.4) is 0 Å². The summed E-state index contributed by atoms with van der Waals surface area (Å²) in [6.07, 6.45) is 2.26. The van der Waals surface area contributed by atoms with E-state index in [2.05, 4.69) is 79.8 Å². The van der Waals surface area contributed by atoms with Gasteiger partial charge in [0.05, 0.1) is 7.05 Å². The van der Waals surface area contributed by atoms with Gasteiger partial charge in [-0.2, -0.15) is 0 Å². The lowest BCUT2D eigenvalue weighted by atomic mass is 9.75. The van der Waals surface area contributed by atoms with Crippen molar-refractivity contribution in [2.24, 2.45) is 0 Å². The molecule has 0 aromatic heterocycles. The molecule has 0 radical (unpaired) electrons. The highest BCUT2D eigenvalue weighted by Crippen LogP contribution is 2.43. The molecule has 3 aromatic rings. The Morgan fingerprint density at radius 1 is 0.625 bits per heavy atom. The predicted molar refractivity (Wildman–Crippen MR) is 97.2 cm³/mol. The summed E-state index contributed by atoms with van der Waals surface area (Å²) >= 11 is 0. The molecule has 1 heterocycles. The molecule has 1 atom stereocenters. The van der Waals surface area contributed by atoms with Crippen molar-refractivity contribution in [1.82, 2.24) is 0 Å². The summed E-state index contributed by atoms with van der Waals surface area (Å²) in [7, 11) is 2.36. The molecule has 1 spiro atoms. The van der Waals surface area contributed by atoms with Crippen molar-refractivity contribution in [3.05, 3.63) is 106 Å². The fraction of sp³-hybridized carbons (Fsp3) is 0.217. The van der Waals surface area contributed by atoms with Gasteiger partial charge in [0.15, 0.2) is 5.54 Å². The van der Waals surface area contributed by atoms with Crippen LogP contribution in [-0.2, 0) is 24.9 Å². The molecule has 2 aliphatic rings. The van der Waals surface area contributed by atoms with E-state index in [1.165, 1.54) is 33.4 Å². The van der Waals surface area contributed by atoms with E-state index in [0.717, 1.165) is 19.4 Å². The molecule has 1 aliphatic heterocycles. The van der Waals surface area contributed by atoms with Crippen LogP contribution >= 0.6 is 0 Å². The summed E-state index contributed by atoms with van der Waals surface area (Å²) in [5.41, 5.74) is 8.91. The van der Waals surface area contributed by atoms with Crippen molar-refractivity contribution < 1.29 is 4.90 Å². The maximum atomic E-state index is 2.36. The average molecular weight is 312 g/mol. The zero-order chi connectivity index (χ0) is 16.1. The van der Waals surface area contributed by atoms with Gasteiger partial charge in [-0.3, -0.25) is 0 Å². The first kappa shape index (κ1) is 14.0. The summed E-state index contributed by atoms with van der Waals surface area (Å²) in [5.74, 6) is 0. The third kappa shape index (κ3) is 1.68. The van der Waals surface area contributed by atoms with Crippen molar-refractivity contribution in [3.8, 4) is 0 Å². The van der Waals surface area contributed by atoms with Gasteiger partial charge < -0.3 is 4.90 Å². The Kier molecular flexibility index (Phi) is 2.95. The van der Waals surface area contributed by atoms with E-state index < -0.39 is 0 Å². The molecule has 1 heteroatoms. The third-order valence-corrected chi connectivity index (χ3v) is 6.02. The molecule has 0 amide bonds. The molecule has 5 rings (SSSR count). The maximum Gasteiger partial charge on any atom is 0.176 e. The fourth-order valence-corrected chi connectivity index (χ4v) is 5.06. The Balaban J connectivity index is 1.95. The zero-order valence-electron chi connectivity index (χ0n) is 14.0. The van der Waals surface area contributed by atoms with Crippen LogP contribution in [0.2, 0.25) is 0 Å². The monoisotopic (exact) mass is 312 g/mol. The highest BCUT2D eigenvalue weighted by atomic mass is 15.2. The SMILES string of the molecule is C[NH+]1Cc2ccccc2C12c1ccccc1CCc1ccccc12. The highest BCUT2D eigenvalue weighted by molar-refractivity contribution is 5.57. The molecule has 0 fully saturated rings. The summed E-state index contributed by atoms with van der Waals surface area (Å²) in [6.45, 7) is 1.08. The number of hydrogen-bond donors (Lipinski definition) is 1.